The normalized spacial score (nSPS) is 10.6. The number of hydrogen-bond acceptors (Lipinski definition) is 3. The van der Waals surface area contributed by atoms with E-state index in [2.05, 4.69) is 15.3 Å². The van der Waals surface area contributed by atoms with E-state index in [1.165, 1.54) is 0 Å². The number of aryl methyl sites for hydroxylation is 1. The predicted octanol–water partition coefficient (Wildman–Crippen LogP) is 1.07. The standard InChI is InChI=1S/C10H13N5OS/c1-6-4-7-8(13-5-6)15(10(17)14-7)3-2-12-9(11)16/h4-5H,2-3H2,1H3,(H,14,17)(H3,11,12,16). The van der Waals surface area contributed by atoms with Crippen LogP contribution in [0.25, 0.3) is 11.2 Å². The van der Waals surface area contributed by atoms with Crippen molar-refractivity contribution >= 4 is 29.4 Å². The lowest BCUT2D eigenvalue weighted by Crippen LogP contribution is -2.32. The summed E-state index contributed by atoms with van der Waals surface area (Å²) in [5, 5.41) is 2.52. The Morgan fingerprint density at radius 3 is 3.18 bits per heavy atom. The molecule has 0 saturated heterocycles. The zero-order valence-electron chi connectivity index (χ0n) is 9.36. The monoisotopic (exact) mass is 251 g/mol. The maximum atomic E-state index is 10.6. The number of carbonyl (C=O) groups excluding carboxylic acids is 1. The van der Waals surface area contributed by atoms with Gasteiger partial charge < -0.3 is 16.0 Å². The molecule has 0 aliphatic rings. The van der Waals surface area contributed by atoms with E-state index in [1.54, 1.807) is 6.20 Å². The minimum absolute atomic E-state index is 0.423. The lowest BCUT2D eigenvalue weighted by atomic mass is 10.3. The lowest BCUT2D eigenvalue weighted by molar-refractivity contribution is 0.248. The summed E-state index contributed by atoms with van der Waals surface area (Å²) in [6.45, 7) is 2.93. The second kappa shape index (κ2) is 4.54. The first-order valence-corrected chi connectivity index (χ1v) is 5.57. The fraction of sp³-hybridized carbons (Fsp3) is 0.300. The number of nitrogens with zero attached hydrogens (tertiary/aromatic N) is 2. The number of amides is 2. The van der Waals surface area contributed by atoms with E-state index in [9.17, 15) is 4.79 Å². The molecular weight excluding hydrogens is 238 g/mol. The van der Waals surface area contributed by atoms with Gasteiger partial charge in [0.15, 0.2) is 10.4 Å². The van der Waals surface area contributed by atoms with Crippen LogP contribution in [0.2, 0.25) is 0 Å². The second-order valence-electron chi connectivity index (χ2n) is 3.76. The van der Waals surface area contributed by atoms with Crippen LogP contribution in [0.3, 0.4) is 0 Å². The number of primary amides is 1. The summed E-state index contributed by atoms with van der Waals surface area (Å²) >= 11 is 5.20. The maximum Gasteiger partial charge on any atom is 0.312 e. The summed E-state index contributed by atoms with van der Waals surface area (Å²) in [4.78, 5) is 18.0. The number of urea groups is 1. The third-order valence-electron chi connectivity index (χ3n) is 2.38. The van der Waals surface area contributed by atoms with Crippen molar-refractivity contribution in [2.24, 2.45) is 5.73 Å². The molecule has 4 N–H and O–H groups in total. The van der Waals surface area contributed by atoms with Crippen LogP contribution < -0.4 is 11.1 Å². The van der Waals surface area contributed by atoms with Crippen molar-refractivity contribution in [1.29, 1.82) is 0 Å². The van der Waals surface area contributed by atoms with Crippen LogP contribution >= 0.6 is 12.2 Å². The predicted molar refractivity (Wildman–Crippen MR) is 67.2 cm³/mol. The second-order valence-corrected chi connectivity index (χ2v) is 4.14. The summed E-state index contributed by atoms with van der Waals surface area (Å²) in [7, 11) is 0. The van der Waals surface area contributed by atoms with E-state index in [0.29, 0.717) is 17.9 Å². The largest absolute Gasteiger partial charge is 0.352 e. The van der Waals surface area contributed by atoms with Crippen LogP contribution in [0.15, 0.2) is 12.3 Å². The molecule has 2 rings (SSSR count). The Kier molecular flexibility index (Phi) is 3.10. The Bertz CT molecular complexity index is 615. The average molecular weight is 251 g/mol. The number of aromatic nitrogens is 3. The highest BCUT2D eigenvalue weighted by molar-refractivity contribution is 7.71. The van der Waals surface area contributed by atoms with Crippen molar-refractivity contribution < 1.29 is 4.79 Å². The number of nitrogens with two attached hydrogens (primary N) is 1. The first-order chi connectivity index (χ1) is 8.08. The van der Waals surface area contributed by atoms with Crippen LogP contribution in [0.1, 0.15) is 5.56 Å². The zero-order valence-corrected chi connectivity index (χ0v) is 10.2. The fourth-order valence-corrected chi connectivity index (χ4v) is 1.93. The van der Waals surface area contributed by atoms with Crippen molar-refractivity contribution in [2.75, 3.05) is 6.54 Å². The van der Waals surface area contributed by atoms with Gasteiger partial charge in [-0.1, -0.05) is 0 Å². The van der Waals surface area contributed by atoms with E-state index in [-0.39, 0.29) is 0 Å². The summed E-state index contributed by atoms with van der Waals surface area (Å²) in [5.74, 6) is 0. The van der Waals surface area contributed by atoms with Crippen molar-refractivity contribution in [3.05, 3.63) is 22.6 Å². The highest BCUT2D eigenvalue weighted by Gasteiger charge is 2.05. The fourth-order valence-electron chi connectivity index (χ4n) is 1.65. The highest BCUT2D eigenvalue weighted by Crippen LogP contribution is 2.12. The van der Waals surface area contributed by atoms with E-state index >= 15 is 0 Å². The first-order valence-electron chi connectivity index (χ1n) is 5.16. The van der Waals surface area contributed by atoms with Gasteiger partial charge in [0.2, 0.25) is 0 Å². The molecule has 2 aromatic rings. The molecule has 2 heterocycles. The third-order valence-corrected chi connectivity index (χ3v) is 2.70. The Balaban J connectivity index is 2.30. The number of pyridine rings is 1. The molecule has 0 aliphatic heterocycles. The summed E-state index contributed by atoms with van der Waals surface area (Å²) < 4.78 is 2.42. The van der Waals surface area contributed by atoms with E-state index in [4.69, 9.17) is 18.0 Å². The molecule has 17 heavy (non-hydrogen) atoms. The lowest BCUT2D eigenvalue weighted by Gasteiger charge is -2.04. The van der Waals surface area contributed by atoms with Gasteiger partial charge in [-0.3, -0.25) is 4.57 Å². The average Bonchev–Trinajstić information content (AvgIpc) is 2.54. The number of carbonyl (C=O) groups is 1. The first kappa shape index (κ1) is 11.6. The minimum atomic E-state index is -0.542. The van der Waals surface area contributed by atoms with Gasteiger partial charge >= 0.3 is 6.03 Å². The van der Waals surface area contributed by atoms with E-state index in [1.807, 2.05) is 17.6 Å². The van der Waals surface area contributed by atoms with E-state index in [0.717, 1.165) is 16.7 Å². The van der Waals surface area contributed by atoms with Gasteiger partial charge in [0, 0.05) is 19.3 Å². The molecule has 6 nitrogen and oxygen atoms in total. The molecule has 2 aromatic heterocycles. The van der Waals surface area contributed by atoms with E-state index < -0.39 is 6.03 Å². The summed E-state index contributed by atoms with van der Waals surface area (Å²) in [6.07, 6.45) is 1.78. The molecule has 0 aliphatic carbocycles. The highest BCUT2D eigenvalue weighted by atomic mass is 32.1. The molecule has 7 heteroatoms. The van der Waals surface area contributed by atoms with Gasteiger partial charge in [0.05, 0.1) is 5.52 Å². The molecule has 0 saturated carbocycles. The van der Waals surface area contributed by atoms with Crippen LogP contribution in [0.5, 0.6) is 0 Å². The molecule has 2 amide bonds. The van der Waals surface area contributed by atoms with Gasteiger partial charge in [0.1, 0.15) is 0 Å². The van der Waals surface area contributed by atoms with Gasteiger partial charge in [-0.2, -0.15) is 0 Å². The number of rotatable bonds is 3. The smallest absolute Gasteiger partial charge is 0.312 e. The SMILES string of the molecule is Cc1cnc2c(c1)[nH]c(=S)n2CCNC(N)=O. The van der Waals surface area contributed by atoms with Crippen LogP contribution in [0, 0.1) is 11.7 Å². The number of imidazole rings is 1. The number of aromatic amines is 1. The molecule has 0 bridgehead atoms. The molecule has 90 valence electrons. The Hall–Kier alpha value is -1.89. The van der Waals surface area contributed by atoms with Crippen LogP contribution in [-0.4, -0.2) is 27.1 Å². The van der Waals surface area contributed by atoms with Gasteiger partial charge in [-0.25, -0.2) is 9.78 Å². The van der Waals surface area contributed by atoms with Gasteiger partial charge in [-0.05, 0) is 30.8 Å². The Morgan fingerprint density at radius 2 is 2.47 bits per heavy atom. The Morgan fingerprint density at radius 1 is 1.71 bits per heavy atom. The maximum absolute atomic E-state index is 10.6. The number of nitrogens with one attached hydrogen (secondary N) is 2. The van der Waals surface area contributed by atoms with Gasteiger partial charge in [0.25, 0.3) is 0 Å². The summed E-state index contributed by atoms with van der Waals surface area (Å²) in [6, 6.07) is 1.44. The zero-order chi connectivity index (χ0) is 12.4. The van der Waals surface area contributed by atoms with Crippen LogP contribution in [0.4, 0.5) is 4.79 Å². The number of H-pyrrole nitrogens is 1. The van der Waals surface area contributed by atoms with Crippen molar-refractivity contribution in [3.63, 3.8) is 0 Å². The summed E-state index contributed by atoms with van der Waals surface area (Å²) in [5.41, 5.74) is 7.74. The topological polar surface area (TPSA) is 88.7 Å². The third kappa shape index (κ3) is 2.44. The van der Waals surface area contributed by atoms with Crippen molar-refractivity contribution in [3.8, 4) is 0 Å². The van der Waals surface area contributed by atoms with Gasteiger partial charge in [-0.15, -0.1) is 0 Å². The molecule has 0 atom stereocenters. The number of fused-ring (bicyclic) bond motifs is 1. The molecule has 0 fully saturated rings. The molecule has 0 spiro atoms. The molecule has 0 aromatic carbocycles. The molecule has 0 unspecified atom stereocenters. The number of hydrogen-bond donors (Lipinski definition) is 3. The van der Waals surface area contributed by atoms with Crippen molar-refractivity contribution in [2.45, 2.75) is 13.5 Å². The molecule has 0 radical (unpaired) electrons. The minimum Gasteiger partial charge on any atom is -0.352 e. The van der Waals surface area contributed by atoms with Crippen molar-refractivity contribution in [1.82, 2.24) is 19.9 Å². The Labute approximate surface area is 103 Å². The van der Waals surface area contributed by atoms with Crippen LogP contribution in [-0.2, 0) is 6.54 Å². The quantitative estimate of drug-likeness (QED) is 0.713. The molecular formula is C10H13N5OS.